The number of nitrogens with one attached hydrogen (secondary N) is 2. The van der Waals surface area contributed by atoms with Crippen molar-refractivity contribution in [2.45, 2.75) is 33.2 Å². The molecule has 6 nitrogen and oxygen atoms in total. The van der Waals surface area contributed by atoms with E-state index in [2.05, 4.69) is 10.6 Å². The van der Waals surface area contributed by atoms with Crippen molar-refractivity contribution >= 4 is 28.9 Å². The fourth-order valence-electron chi connectivity index (χ4n) is 1.64. The van der Waals surface area contributed by atoms with Gasteiger partial charge in [0.15, 0.2) is 0 Å². The van der Waals surface area contributed by atoms with Gasteiger partial charge in [-0.25, -0.2) is 0 Å². The van der Waals surface area contributed by atoms with E-state index in [1.165, 1.54) is 12.1 Å². The Hall–Kier alpha value is -1.82. The molecule has 7 heteroatoms. The molecule has 0 aliphatic rings. The summed E-state index contributed by atoms with van der Waals surface area (Å²) in [6.45, 7) is 6.13. The number of carbonyl (C=O) groups excluding carboxylic acids is 1. The number of benzene rings is 1. The Morgan fingerprint density at radius 1 is 1.45 bits per heavy atom. The quantitative estimate of drug-likeness (QED) is 0.624. The highest BCUT2D eigenvalue weighted by molar-refractivity contribution is 6.34. The molecule has 0 saturated carbocycles. The van der Waals surface area contributed by atoms with E-state index < -0.39 is 4.92 Å². The first-order valence-corrected chi connectivity index (χ1v) is 6.77. The first-order valence-electron chi connectivity index (χ1n) is 6.39. The van der Waals surface area contributed by atoms with Crippen LogP contribution in [0.3, 0.4) is 0 Å². The Balaban J connectivity index is 3.19. The van der Waals surface area contributed by atoms with Crippen LogP contribution in [-0.2, 0) is 0 Å². The minimum atomic E-state index is -0.546. The van der Waals surface area contributed by atoms with E-state index in [1.54, 1.807) is 0 Å². The van der Waals surface area contributed by atoms with E-state index in [9.17, 15) is 14.9 Å². The number of halogens is 1. The smallest absolute Gasteiger partial charge is 0.294 e. The van der Waals surface area contributed by atoms with Crippen LogP contribution < -0.4 is 10.6 Å². The lowest BCUT2D eigenvalue weighted by Crippen LogP contribution is -2.30. The molecule has 0 aromatic heterocycles. The fraction of sp³-hybridized carbons (Fsp3) is 0.462. The van der Waals surface area contributed by atoms with Gasteiger partial charge < -0.3 is 10.6 Å². The third kappa shape index (κ3) is 4.09. The zero-order chi connectivity index (χ0) is 15.3. The minimum absolute atomic E-state index is 0.0572. The Morgan fingerprint density at radius 3 is 2.60 bits per heavy atom. The van der Waals surface area contributed by atoms with Gasteiger partial charge in [0.05, 0.1) is 9.95 Å². The van der Waals surface area contributed by atoms with Gasteiger partial charge in [0.1, 0.15) is 5.69 Å². The number of nitro groups is 1. The molecular formula is C13H18ClN3O3. The molecule has 0 radical (unpaired) electrons. The summed E-state index contributed by atoms with van der Waals surface area (Å²) in [6.07, 6.45) is 0.809. The van der Waals surface area contributed by atoms with Gasteiger partial charge in [-0.15, -0.1) is 0 Å². The maximum absolute atomic E-state index is 11.9. The number of anilines is 1. The molecule has 2 N–H and O–H groups in total. The SMILES string of the molecule is CCCNc1c(Cl)cc(C(=O)NC(C)C)cc1[N+](=O)[O-]. The van der Waals surface area contributed by atoms with Gasteiger partial charge in [0.25, 0.3) is 11.6 Å². The van der Waals surface area contributed by atoms with E-state index in [0.717, 1.165) is 6.42 Å². The first-order chi connectivity index (χ1) is 9.36. The maximum atomic E-state index is 11.9. The van der Waals surface area contributed by atoms with Crippen molar-refractivity contribution in [3.8, 4) is 0 Å². The van der Waals surface area contributed by atoms with Crippen LogP contribution in [0.4, 0.5) is 11.4 Å². The number of amides is 1. The molecule has 20 heavy (non-hydrogen) atoms. The number of carbonyl (C=O) groups is 1. The van der Waals surface area contributed by atoms with Gasteiger partial charge in [-0.1, -0.05) is 18.5 Å². The highest BCUT2D eigenvalue weighted by atomic mass is 35.5. The van der Waals surface area contributed by atoms with Crippen LogP contribution in [0.15, 0.2) is 12.1 Å². The molecule has 0 heterocycles. The molecule has 1 amide bonds. The molecule has 0 fully saturated rings. The lowest BCUT2D eigenvalue weighted by Gasteiger charge is -2.12. The Labute approximate surface area is 122 Å². The van der Waals surface area contributed by atoms with Crippen molar-refractivity contribution in [1.82, 2.24) is 5.32 Å². The summed E-state index contributed by atoms with van der Waals surface area (Å²) in [7, 11) is 0. The van der Waals surface area contributed by atoms with E-state index in [4.69, 9.17) is 11.6 Å². The average molecular weight is 300 g/mol. The van der Waals surface area contributed by atoms with Crippen molar-refractivity contribution in [2.75, 3.05) is 11.9 Å². The van der Waals surface area contributed by atoms with Crippen LogP contribution in [0.1, 0.15) is 37.6 Å². The summed E-state index contributed by atoms with van der Waals surface area (Å²) in [5.41, 5.74) is 0.233. The summed E-state index contributed by atoms with van der Waals surface area (Å²) in [5.74, 6) is -0.382. The highest BCUT2D eigenvalue weighted by Crippen LogP contribution is 2.33. The summed E-state index contributed by atoms with van der Waals surface area (Å²) in [6, 6.07) is 2.62. The summed E-state index contributed by atoms with van der Waals surface area (Å²) in [4.78, 5) is 22.5. The third-order valence-electron chi connectivity index (χ3n) is 2.50. The first kappa shape index (κ1) is 16.2. The zero-order valence-corrected chi connectivity index (χ0v) is 12.5. The Bertz CT molecular complexity index is 518. The number of hydrogen-bond acceptors (Lipinski definition) is 4. The number of hydrogen-bond donors (Lipinski definition) is 2. The number of rotatable bonds is 6. The molecule has 1 aromatic rings. The second kappa shape index (κ2) is 7.09. The molecule has 0 bridgehead atoms. The minimum Gasteiger partial charge on any atom is -0.378 e. The van der Waals surface area contributed by atoms with E-state index >= 15 is 0 Å². The van der Waals surface area contributed by atoms with Gasteiger partial charge in [0, 0.05) is 24.2 Å². The topological polar surface area (TPSA) is 84.3 Å². The molecule has 0 saturated heterocycles. The van der Waals surface area contributed by atoms with Gasteiger partial charge in [-0.2, -0.15) is 0 Å². The standard InChI is InChI=1S/C13H18ClN3O3/c1-4-5-15-12-10(14)6-9(7-11(12)17(19)20)13(18)16-8(2)3/h6-8,15H,4-5H2,1-3H3,(H,16,18). The van der Waals surface area contributed by atoms with Gasteiger partial charge in [-0.3, -0.25) is 14.9 Å². The van der Waals surface area contributed by atoms with E-state index in [0.29, 0.717) is 6.54 Å². The number of nitrogens with zero attached hydrogens (tertiary/aromatic N) is 1. The molecule has 1 aromatic carbocycles. The molecular weight excluding hydrogens is 282 g/mol. The number of nitro benzene ring substituents is 1. The van der Waals surface area contributed by atoms with Crippen molar-refractivity contribution in [1.29, 1.82) is 0 Å². The maximum Gasteiger partial charge on any atom is 0.294 e. The van der Waals surface area contributed by atoms with Crippen LogP contribution in [0, 0.1) is 10.1 Å². The zero-order valence-electron chi connectivity index (χ0n) is 11.7. The lowest BCUT2D eigenvalue weighted by atomic mass is 10.1. The van der Waals surface area contributed by atoms with Crippen LogP contribution in [0.2, 0.25) is 5.02 Å². The Morgan fingerprint density at radius 2 is 2.10 bits per heavy atom. The molecule has 0 atom stereocenters. The largest absolute Gasteiger partial charge is 0.378 e. The summed E-state index contributed by atoms with van der Waals surface area (Å²) in [5, 5.41) is 16.9. The van der Waals surface area contributed by atoms with Gasteiger partial charge in [0.2, 0.25) is 0 Å². The molecule has 110 valence electrons. The summed E-state index contributed by atoms with van der Waals surface area (Å²) >= 11 is 6.05. The van der Waals surface area contributed by atoms with Crippen LogP contribution >= 0.6 is 11.6 Å². The molecule has 0 aliphatic carbocycles. The van der Waals surface area contributed by atoms with Gasteiger partial charge in [-0.05, 0) is 26.3 Å². The second-order valence-corrected chi connectivity index (χ2v) is 5.07. The van der Waals surface area contributed by atoms with Crippen molar-refractivity contribution in [2.24, 2.45) is 0 Å². The van der Waals surface area contributed by atoms with Crippen molar-refractivity contribution < 1.29 is 9.72 Å². The van der Waals surface area contributed by atoms with Crippen LogP contribution in [0.5, 0.6) is 0 Å². The summed E-state index contributed by atoms with van der Waals surface area (Å²) < 4.78 is 0. The van der Waals surface area contributed by atoms with Crippen molar-refractivity contribution in [3.63, 3.8) is 0 Å². The Kier molecular flexibility index (Phi) is 5.76. The molecule has 0 spiro atoms. The third-order valence-corrected chi connectivity index (χ3v) is 2.80. The monoisotopic (exact) mass is 299 g/mol. The van der Waals surface area contributed by atoms with E-state index in [-0.39, 0.29) is 33.9 Å². The highest BCUT2D eigenvalue weighted by Gasteiger charge is 2.21. The predicted octanol–water partition coefficient (Wildman–Crippen LogP) is 3.21. The van der Waals surface area contributed by atoms with Crippen LogP contribution in [0.25, 0.3) is 0 Å². The fourth-order valence-corrected chi connectivity index (χ4v) is 1.92. The predicted molar refractivity (Wildman–Crippen MR) is 79.5 cm³/mol. The molecule has 0 aliphatic heterocycles. The van der Waals surface area contributed by atoms with E-state index in [1.807, 2.05) is 20.8 Å². The van der Waals surface area contributed by atoms with Gasteiger partial charge >= 0.3 is 0 Å². The average Bonchev–Trinajstić information content (AvgIpc) is 2.35. The van der Waals surface area contributed by atoms with Crippen molar-refractivity contribution in [3.05, 3.63) is 32.8 Å². The van der Waals surface area contributed by atoms with Crippen LogP contribution in [-0.4, -0.2) is 23.4 Å². The lowest BCUT2D eigenvalue weighted by molar-refractivity contribution is -0.384. The normalized spacial score (nSPS) is 10.4. The molecule has 0 unspecified atom stereocenters. The second-order valence-electron chi connectivity index (χ2n) is 4.66. The molecule has 1 rings (SSSR count).